The first kappa shape index (κ1) is 30.1. The molecule has 0 fully saturated rings. The summed E-state index contributed by atoms with van der Waals surface area (Å²) in [6.45, 7) is 5.76. The van der Waals surface area contributed by atoms with E-state index in [1.165, 1.54) is 7.05 Å². The molecular formula is C26H42N4O5. The Morgan fingerprint density at radius 3 is 2.20 bits per heavy atom. The molecule has 1 aromatic carbocycles. The molecule has 0 saturated carbocycles. The Labute approximate surface area is 208 Å². The minimum Gasteiger partial charge on any atom is -0.369 e. The Hall–Kier alpha value is -2.94. The second kappa shape index (κ2) is 15.1. The Morgan fingerprint density at radius 1 is 1.06 bits per heavy atom. The summed E-state index contributed by atoms with van der Waals surface area (Å²) in [4.78, 5) is 53.6. The summed E-state index contributed by atoms with van der Waals surface area (Å²) >= 11 is 0. The predicted octanol–water partition coefficient (Wildman–Crippen LogP) is 3.40. The van der Waals surface area contributed by atoms with E-state index in [0.717, 1.165) is 36.1 Å². The van der Waals surface area contributed by atoms with Gasteiger partial charge in [0.05, 0.1) is 5.92 Å². The molecule has 0 radical (unpaired) electrons. The van der Waals surface area contributed by atoms with Gasteiger partial charge in [-0.1, -0.05) is 83.2 Å². The van der Waals surface area contributed by atoms with Gasteiger partial charge in [0.2, 0.25) is 11.8 Å². The molecule has 1 aromatic rings. The number of rotatable bonds is 15. The first-order valence-electron chi connectivity index (χ1n) is 12.5. The number of carbonyl (C=O) groups is 4. The summed E-state index contributed by atoms with van der Waals surface area (Å²) in [6.07, 6.45) is 4.95. The van der Waals surface area contributed by atoms with Gasteiger partial charge >= 0.3 is 6.03 Å². The van der Waals surface area contributed by atoms with E-state index in [4.69, 9.17) is 5.73 Å². The first-order chi connectivity index (χ1) is 16.6. The lowest BCUT2D eigenvalue weighted by Gasteiger charge is -2.38. The Kier molecular flexibility index (Phi) is 13.0. The van der Waals surface area contributed by atoms with E-state index in [1.54, 1.807) is 19.3 Å². The van der Waals surface area contributed by atoms with Crippen LogP contribution in [0.25, 0.3) is 0 Å². The van der Waals surface area contributed by atoms with Gasteiger partial charge in [0.25, 0.3) is 5.91 Å². The lowest BCUT2D eigenvalue weighted by atomic mass is 9.66. The van der Waals surface area contributed by atoms with E-state index in [-0.39, 0.29) is 25.3 Å². The summed E-state index contributed by atoms with van der Waals surface area (Å²) in [5, 5.41) is 12.0. The molecule has 2 atom stereocenters. The van der Waals surface area contributed by atoms with Crippen molar-refractivity contribution in [2.75, 3.05) is 13.6 Å². The van der Waals surface area contributed by atoms with Gasteiger partial charge in [-0.25, -0.2) is 10.3 Å². The molecule has 0 saturated heterocycles. The Balaban J connectivity index is 3.44. The fourth-order valence-corrected chi connectivity index (χ4v) is 4.57. The minimum atomic E-state index is -2.00. The van der Waals surface area contributed by atoms with Crippen molar-refractivity contribution >= 4 is 23.8 Å². The van der Waals surface area contributed by atoms with Crippen LogP contribution in [-0.4, -0.2) is 47.5 Å². The van der Waals surface area contributed by atoms with Crippen LogP contribution in [0.5, 0.6) is 0 Å². The molecule has 9 heteroatoms. The summed E-state index contributed by atoms with van der Waals surface area (Å²) in [7, 11) is 1.42. The monoisotopic (exact) mass is 490 g/mol. The summed E-state index contributed by atoms with van der Waals surface area (Å²) < 4.78 is 0. The number of hydrogen-bond donors (Lipinski definition) is 4. The smallest absolute Gasteiger partial charge is 0.323 e. The van der Waals surface area contributed by atoms with E-state index >= 15 is 0 Å². The number of nitrogens with one attached hydrogen (secondary N) is 2. The molecule has 2 unspecified atom stereocenters. The lowest BCUT2D eigenvalue weighted by molar-refractivity contribution is -0.160. The lowest BCUT2D eigenvalue weighted by Crippen LogP contribution is -2.59. The van der Waals surface area contributed by atoms with Crippen LogP contribution < -0.4 is 16.5 Å². The quantitative estimate of drug-likeness (QED) is 0.129. The number of nitrogens with zero attached hydrogens (tertiary/aromatic N) is 1. The largest absolute Gasteiger partial charge is 0.369 e. The fraction of sp³-hybridized carbons (Fsp3) is 0.615. The topological polar surface area (TPSA) is 142 Å². The van der Waals surface area contributed by atoms with E-state index in [0.29, 0.717) is 12.8 Å². The molecule has 0 aliphatic carbocycles. The van der Waals surface area contributed by atoms with Gasteiger partial charge < -0.3 is 11.1 Å². The van der Waals surface area contributed by atoms with Crippen LogP contribution >= 0.6 is 0 Å². The van der Waals surface area contributed by atoms with Crippen LogP contribution in [0.1, 0.15) is 71.3 Å². The maximum absolute atomic E-state index is 13.9. The zero-order valence-corrected chi connectivity index (χ0v) is 21.5. The highest BCUT2D eigenvalue weighted by atomic mass is 16.5. The van der Waals surface area contributed by atoms with Gasteiger partial charge in [0.15, 0.2) is 0 Å². The molecule has 196 valence electrons. The molecule has 0 heterocycles. The second-order valence-electron chi connectivity index (χ2n) is 9.41. The van der Waals surface area contributed by atoms with Gasteiger partial charge in [-0.3, -0.25) is 24.5 Å². The maximum Gasteiger partial charge on any atom is 0.323 e. The van der Waals surface area contributed by atoms with Crippen molar-refractivity contribution in [2.45, 2.75) is 72.1 Å². The van der Waals surface area contributed by atoms with Crippen LogP contribution in [-0.2, 0) is 20.8 Å². The van der Waals surface area contributed by atoms with Crippen molar-refractivity contribution in [2.24, 2.45) is 23.0 Å². The molecule has 0 spiro atoms. The molecule has 9 nitrogen and oxygen atoms in total. The minimum absolute atomic E-state index is 0.0413. The highest BCUT2D eigenvalue weighted by molar-refractivity contribution is 6.09. The van der Waals surface area contributed by atoms with E-state index in [1.807, 2.05) is 30.3 Å². The second-order valence-corrected chi connectivity index (χ2v) is 9.41. The van der Waals surface area contributed by atoms with E-state index in [2.05, 4.69) is 12.2 Å². The van der Waals surface area contributed by atoms with Gasteiger partial charge in [0, 0.05) is 13.6 Å². The summed E-state index contributed by atoms with van der Waals surface area (Å²) in [6, 6.07) is 8.77. The number of benzene rings is 1. The number of urea groups is 1. The number of imide groups is 1. The summed E-state index contributed by atoms with van der Waals surface area (Å²) in [5.41, 5.74) is 6.28. The van der Waals surface area contributed by atoms with Gasteiger partial charge in [-0.2, -0.15) is 0 Å². The Morgan fingerprint density at radius 2 is 1.69 bits per heavy atom. The zero-order valence-electron chi connectivity index (χ0n) is 21.5. The van der Waals surface area contributed by atoms with E-state index in [9.17, 15) is 24.4 Å². The first-order valence-corrected chi connectivity index (χ1v) is 12.5. The molecule has 0 bridgehead atoms. The van der Waals surface area contributed by atoms with Crippen molar-refractivity contribution in [3.8, 4) is 0 Å². The third-order valence-electron chi connectivity index (χ3n) is 6.36. The highest BCUT2D eigenvalue weighted by Gasteiger charge is 2.55. The number of primary amides is 1. The summed E-state index contributed by atoms with van der Waals surface area (Å²) in [5.74, 6) is -4.06. The number of amides is 5. The van der Waals surface area contributed by atoms with Crippen molar-refractivity contribution in [1.82, 2.24) is 15.7 Å². The van der Waals surface area contributed by atoms with Crippen molar-refractivity contribution in [3.05, 3.63) is 35.9 Å². The maximum atomic E-state index is 13.9. The van der Waals surface area contributed by atoms with Gasteiger partial charge in [-0.05, 0) is 30.7 Å². The molecule has 5 amide bonds. The van der Waals surface area contributed by atoms with Crippen molar-refractivity contribution in [1.29, 1.82) is 0 Å². The third-order valence-corrected chi connectivity index (χ3v) is 6.36. The van der Waals surface area contributed by atoms with Crippen LogP contribution in [0.3, 0.4) is 0 Å². The van der Waals surface area contributed by atoms with Gasteiger partial charge in [0.1, 0.15) is 5.41 Å². The molecule has 35 heavy (non-hydrogen) atoms. The molecule has 0 aliphatic rings. The fourth-order valence-electron chi connectivity index (χ4n) is 4.57. The van der Waals surface area contributed by atoms with Crippen LogP contribution in [0.4, 0.5) is 4.79 Å². The number of hydrogen-bond acceptors (Lipinski definition) is 5. The SMILES string of the molecule is CCCCCCCC(C(=O)N(CCc1ccccc1)C(=O)NC)C(CC(C)C)(C(N)=O)C(=O)NO. The van der Waals surface area contributed by atoms with E-state index < -0.39 is 35.1 Å². The third kappa shape index (κ3) is 8.35. The van der Waals surface area contributed by atoms with Crippen LogP contribution in [0.15, 0.2) is 30.3 Å². The molecule has 0 aliphatic heterocycles. The standard InChI is InChI=1S/C26H42N4O5/c1-5-6-7-8-12-15-21(26(23(27)32,18-19(2)3)24(33)29-35)22(31)30(25(34)28-4)17-16-20-13-10-9-11-14-20/h9-11,13-14,19,21,35H,5-8,12,15-18H2,1-4H3,(H2,27,32)(H,28,34)(H,29,33). The molecule has 1 rings (SSSR count). The molecule has 0 aromatic heterocycles. The number of nitrogens with two attached hydrogens (primary N) is 1. The number of hydroxylamine groups is 1. The molecular weight excluding hydrogens is 448 g/mol. The molecule has 5 N–H and O–H groups in total. The average Bonchev–Trinajstić information content (AvgIpc) is 2.84. The number of carbonyl (C=O) groups excluding carboxylic acids is 4. The van der Waals surface area contributed by atoms with Crippen LogP contribution in [0.2, 0.25) is 0 Å². The predicted molar refractivity (Wildman–Crippen MR) is 134 cm³/mol. The highest BCUT2D eigenvalue weighted by Crippen LogP contribution is 2.40. The normalized spacial score (nSPS) is 13.5. The van der Waals surface area contributed by atoms with Crippen molar-refractivity contribution < 1.29 is 24.4 Å². The van der Waals surface area contributed by atoms with Gasteiger partial charge in [-0.15, -0.1) is 0 Å². The average molecular weight is 491 g/mol. The number of unbranched alkanes of at least 4 members (excludes halogenated alkanes) is 4. The Bertz CT molecular complexity index is 830. The zero-order chi connectivity index (χ0) is 26.4. The van der Waals surface area contributed by atoms with Crippen LogP contribution in [0, 0.1) is 17.3 Å². The van der Waals surface area contributed by atoms with Crippen molar-refractivity contribution in [3.63, 3.8) is 0 Å².